The van der Waals surface area contributed by atoms with Crippen LogP contribution in [0.25, 0.3) is 21.8 Å². The second kappa shape index (κ2) is 8.61. The van der Waals surface area contributed by atoms with E-state index in [-0.39, 0.29) is 5.69 Å². The first kappa shape index (κ1) is 20.5. The van der Waals surface area contributed by atoms with Crippen molar-refractivity contribution in [2.75, 3.05) is 5.32 Å². The van der Waals surface area contributed by atoms with Gasteiger partial charge in [0.25, 0.3) is 0 Å². The number of H-pyrrole nitrogens is 2. The third kappa shape index (κ3) is 4.17. The van der Waals surface area contributed by atoms with Gasteiger partial charge in [-0.2, -0.15) is 0 Å². The van der Waals surface area contributed by atoms with Crippen molar-refractivity contribution in [2.45, 2.75) is 13.2 Å². The summed E-state index contributed by atoms with van der Waals surface area (Å²) in [5.41, 5.74) is 4.20. The van der Waals surface area contributed by atoms with Crippen molar-refractivity contribution in [3.8, 4) is 5.75 Å². The molecular weight excluding hydrogens is 445 g/mol. The number of aromatic amines is 2. The Balaban J connectivity index is 1.43. The standard InChI is InChI=1S/C25H19Cl2N3O2/c26-20-8-5-15(11-21(20)27)14-32-24-10-6-16-3-1-2-4-18(16)19(24)13-28-17-7-9-22-23(12-17)30-25(31)29-22/h1-12,28H,13-14H2,(H2,29,30,31). The van der Waals surface area contributed by atoms with Gasteiger partial charge < -0.3 is 20.0 Å². The molecule has 1 aromatic heterocycles. The minimum atomic E-state index is -0.218. The third-order valence-electron chi connectivity index (χ3n) is 5.36. The molecule has 5 rings (SSSR count). The molecule has 0 fully saturated rings. The molecule has 5 aromatic rings. The molecule has 0 bridgehead atoms. The third-order valence-corrected chi connectivity index (χ3v) is 6.10. The van der Waals surface area contributed by atoms with Crippen LogP contribution in [0.2, 0.25) is 10.0 Å². The summed E-state index contributed by atoms with van der Waals surface area (Å²) >= 11 is 12.2. The van der Waals surface area contributed by atoms with Gasteiger partial charge in [0.05, 0.1) is 21.1 Å². The first-order valence-corrected chi connectivity index (χ1v) is 10.9. The van der Waals surface area contributed by atoms with E-state index < -0.39 is 0 Å². The van der Waals surface area contributed by atoms with Crippen LogP contribution in [0, 0.1) is 0 Å². The molecular formula is C25H19Cl2N3O2. The number of anilines is 1. The maximum atomic E-state index is 11.5. The summed E-state index contributed by atoms with van der Waals surface area (Å²) < 4.78 is 6.19. The maximum absolute atomic E-state index is 11.5. The molecule has 0 spiro atoms. The summed E-state index contributed by atoms with van der Waals surface area (Å²) in [5.74, 6) is 0.790. The Morgan fingerprint density at radius 2 is 1.69 bits per heavy atom. The van der Waals surface area contributed by atoms with Gasteiger partial charge in [-0.3, -0.25) is 0 Å². The van der Waals surface area contributed by atoms with E-state index in [0.29, 0.717) is 23.2 Å². The Labute approximate surface area is 193 Å². The van der Waals surface area contributed by atoms with Gasteiger partial charge in [-0.25, -0.2) is 4.79 Å². The van der Waals surface area contributed by atoms with Crippen molar-refractivity contribution in [1.82, 2.24) is 9.97 Å². The zero-order valence-electron chi connectivity index (χ0n) is 16.9. The lowest BCUT2D eigenvalue weighted by atomic mass is 10.0. The molecule has 0 aliphatic rings. The van der Waals surface area contributed by atoms with Gasteiger partial charge in [0.2, 0.25) is 0 Å². The fourth-order valence-corrected chi connectivity index (χ4v) is 4.08. The first-order chi connectivity index (χ1) is 15.6. The van der Waals surface area contributed by atoms with Crippen molar-refractivity contribution in [1.29, 1.82) is 0 Å². The van der Waals surface area contributed by atoms with Crippen LogP contribution in [0.5, 0.6) is 5.75 Å². The molecule has 0 amide bonds. The molecule has 3 N–H and O–H groups in total. The van der Waals surface area contributed by atoms with Crippen molar-refractivity contribution in [2.24, 2.45) is 0 Å². The fraction of sp³-hybridized carbons (Fsp3) is 0.0800. The summed E-state index contributed by atoms with van der Waals surface area (Å²) in [6, 6.07) is 23.5. The van der Waals surface area contributed by atoms with Crippen LogP contribution in [0.1, 0.15) is 11.1 Å². The van der Waals surface area contributed by atoms with Crippen LogP contribution in [0.3, 0.4) is 0 Å². The van der Waals surface area contributed by atoms with Crippen LogP contribution in [0.15, 0.2) is 77.6 Å². The zero-order valence-corrected chi connectivity index (χ0v) is 18.4. The summed E-state index contributed by atoms with van der Waals surface area (Å²) in [4.78, 5) is 17.1. The normalized spacial score (nSPS) is 11.2. The number of hydrogen-bond donors (Lipinski definition) is 3. The van der Waals surface area contributed by atoms with E-state index in [0.717, 1.165) is 44.4 Å². The predicted molar refractivity (Wildman–Crippen MR) is 131 cm³/mol. The van der Waals surface area contributed by atoms with E-state index >= 15 is 0 Å². The number of imidazole rings is 1. The lowest BCUT2D eigenvalue weighted by Gasteiger charge is -2.16. The van der Waals surface area contributed by atoms with E-state index in [1.165, 1.54) is 0 Å². The molecule has 0 atom stereocenters. The highest BCUT2D eigenvalue weighted by Crippen LogP contribution is 2.30. The number of ether oxygens (including phenoxy) is 1. The van der Waals surface area contributed by atoms with Crippen molar-refractivity contribution in [3.63, 3.8) is 0 Å². The van der Waals surface area contributed by atoms with Crippen LogP contribution in [0.4, 0.5) is 5.69 Å². The van der Waals surface area contributed by atoms with Gasteiger partial charge >= 0.3 is 5.69 Å². The fourth-order valence-electron chi connectivity index (χ4n) is 3.76. The monoisotopic (exact) mass is 463 g/mol. The largest absolute Gasteiger partial charge is 0.489 e. The van der Waals surface area contributed by atoms with Crippen LogP contribution in [-0.4, -0.2) is 9.97 Å². The van der Waals surface area contributed by atoms with Crippen LogP contribution < -0.4 is 15.7 Å². The Bertz CT molecular complexity index is 1490. The summed E-state index contributed by atoms with van der Waals surface area (Å²) in [7, 11) is 0. The molecule has 0 aliphatic heterocycles. The van der Waals surface area contributed by atoms with E-state index in [1.54, 1.807) is 6.07 Å². The van der Waals surface area contributed by atoms with Crippen molar-refractivity contribution < 1.29 is 4.74 Å². The zero-order chi connectivity index (χ0) is 22.1. The molecule has 32 heavy (non-hydrogen) atoms. The number of benzene rings is 4. The molecule has 4 aromatic carbocycles. The summed E-state index contributed by atoms with van der Waals surface area (Å²) in [6.45, 7) is 0.928. The summed E-state index contributed by atoms with van der Waals surface area (Å²) in [6.07, 6.45) is 0. The predicted octanol–water partition coefficient (Wildman–Crippen LogP) is 6.51. The van der Waals surface area contributed by atoms with Crippen LogP contribution >= 0.6 is 23.2 Å². The minimum absolute atomic E-state index is 0.218. The SMILES string of the molecule is O=c1[nH]c2ccc(NCc3c(OCc4ccc(Cl)c(Cl)c4)ccc4ccccc34)cc2[nH]1. The van der Waals surface area contributed by atoms with E-state index in [9.17, 15) is 4.79 Å². The highest BCUT2D eigenvalue weighted by molar-refractivity contribution is 6.42. The summed E-state index contributed by atoms with van der Waals surface area (Å²) in [5, 5.41) is 6.73. The van der Waals surface area contributed by atoms with E-state index in [2.05, 4.69) is 33.5 Å². The van der Waals surface area contributed by atoms with Gasteiger partial charge in [-0.15, -0.1) is 0 Å². The van der Waals surface area contributed by atoms with E-state index in [1.807, 2.05) is 48.5 Å². The highest BCUT2D eigenvalue weighted by Gasteiger charge is 2.11. The minimum Gasteiger partial charge on any atom is -0.489 e. The maximum Gasteiger partial charge on any atom is 0.323 e. The number of fused-ring (bicyclic) bond motifs is 2. The number of rotatable bonds is 6. The average Bonchev–Trinajstić information content (AvgIpc) is 3.17. The average molecular weight is 464 g/mol. The Hall–Kier alpha value is -3.41. The Morgan fingerprint density at radius 1 is 0.844 bits per heavy atom. The number of hydrogen-bond acceptors (Lipinski definition) is 3. The van der Waals surface area contributed by atoms with Crippen molar-refractivity contribution >= 4 is 50.7 Å². The highest BCUT2D eigenvalue weighted by atomic mass is 35.5. The first-order valence-electron chi connectivity index (χ1n) is 10.1. The molecule has 0 aliphatic carbocycles. The van der Waals surface area contributed by atoms with Gasteiger partial charge in [-0.05, 0) is 52.7 Å². The second-order valence-corrected chi connectivity index (χ2v) is 8.31. The second-order valence-electron chi connectivity index (χ2n) is 7.49. The Morgan fingerprint density at radius 3 is 2.56 bits per heavy atom. The topological polar surface area (TPSA) is 69.9 Å². The Kier molecular flexibility index (Phi) is 5.52. The number of nitrogens with one attached hydrogen (secondary N) is 3. The number of aromatic nitrogens is 2. The van der Waals surface area contributed by atoms with Crippen molar-refractivity contribution in [3.05, 3.63) is 104 Å². The molecule has 5 nitrogen and oxygen atoms in total. The van der Waals surface area contributed by atoms with Gasteiger partial charge in [-0.1, -0.05) is 59.6 Å². The molecule has 0 unspecified atom stereocenters. The molecule has 7 heteroatoms. The lowest BCUT2D eigenvalue weighted by molar-refractivity contribution is 0.304. The molecule has 160 valence electrons. The van der Waals surface area contributed by atoms with Gasteiger partial charge in [0.15, 0.2) is 0 Å². The van der Waals surface area contributed by atoms with Gasteiger partial charge in [0, 0.05) is 17.8 Å². The smallest absolute Gasteiger partial charge is 0.323 e. The lowest BCUT2D eigenvalue weighted by Crippen LogP contribution is -2.05. The molecule has 0 saturated heterocycles. The molecule has 0 saturated carbocycles. The molecule has 1 heterocycles. The quantitative estimate of drug-likeness (QED) is 0.268. The molecule has 0 radical (unpaired) electrons. The van der Waals surface area contributed by atoms with Gasteiger partial charge in [0.1, 0.15) is 12.4 Å². The van der Waals surface area contributed by atoms with Crippen LogP contribution in [-0.2, 0) is 13.2 Å². The van der Waals surface area contributed by atoms with E-state index in [4.69, 9.17) is 27.9 Å². The number of halogens is 2.